The van der Waals surface area contributed by atoms with E-state index in [0.29, 0.717) is 25.3 Å². The van der Waals surface area contributed by atoms with Gasteiger partial charge in [-0.25, -0.2) is 23.0 Å². The summed E-state index contributed by atoms with van der Waals surface area (Å²) >= 11 is 0.918. The normalized spacial score (nSPS) is 13.0. The average Bonchev–Trinajstić information content (AvgIpc) is 3.53. The van der Waals surface area contributed by atoms with Gasteiger partial charge in [-0.15, -0.1) is 11.3 Å². The van der Waals surface area contributed by atoms with Gasteiger partial charge < -0.3 is 20.2 Å². The lowest BCUT2D eigenvalue weighted by Crippen LogP contribution is -2.30. The molecule has 14 heteroatoms. The Hall–Kier alpha value is -3.23. The minimum atomic E-state index is -3.84. The van der Waals surface area contributed by atoms with Crippen molar-refractivity contribution in [2.45, 2.75) is 44.4 Å². The van der Waals surface area contributed by atoms with Crippen LogP contribution in [0.1, 0.15) is 44.8 Å². The number of thiophene rings is 1. The Morgan fingerprint density at radius 2 is 1.79 bits per heavy atom. The summed E-state index contributed by atoms with van der Waals surface area (Å²) in [7, 11) is -3.84. The van der Waals surface area contributed by atoms with Gasteiger partial charge in [0.05, 0.1) is 11.7 Å². The van der Waals surface area contributed by atoms with Gasteiger partial charge in [-0.05, 0) is 35.8 Å². The van der Waals surface area contributed by atoms with E-state index in [9.17, 15) is 13.5 Å². The fourth-order valence-corrected chi connectivity index (χ4v) is 6.25. The van der Waals surface area contributed by atoms with Crippen molar-refractivity contribution < 1.29 is 22.6 Å². The highest BCUT2D eigenvalue weighted by atomic mass is 32.2. The van der Waals surface area contributed by atoms with Gasteiger partial charge in [0.25, 0.3) is 10.0 Å². The Bertz CT molecular complexity index is 1390. The predicted molar refractivity (Wildman–Crippen MR) is 127 cm³/mol. The van der Waals surface area contributed by atoms with E-state index in [-0.39, 0.29) is 33.1 Å². The van der Waals surface area contributed by atoms with Crippen molar-refractivity contribution in [2.24, 2.45) is 0 Å². The number of hydrogen-bond donors (Lipinski definition) is 3. The Balaban J connectivity index is 1.71. The highest BCUT2D eigenvalue weighted by Gasteiger charge is 2.29. The number of aryl methyl sites for hydroxylation is 1. The van der Waals surface area contributed by atoms with E-state index in [2.05, 4.69) is 30.9 Å². The van der Waals surface area contributed by atoms with Crippen molar-refractivity contribution in [1.82, 2.24) is 24.6 Å². The molecule has 0 amide bonds. The molecule has 0 unspecified atom stereocenters. The number of nitrogens with one attached hydrogen (secondary N) is 2. The Labute approximate surface area is 200 Å². The monoisotopic (exact) mass is 507 g/mol. The molecule has 0 saturated carbocycles. The summed E-state index contributed by atoms with van der Waals surface area (Å²) in [5, 5.41) is 26.0. The van der Waals surface area contributed by atoms with E-state index in [4.69, 9.17) is 9.05 Å². The molecule has 12 nitrogen and oxygen atoms in total. The molecule has 1 atom stereocenters. The molecule has 0 bridgehead atoms. The summed E-state index contributed by atoms with van der Waals surface area (Å²) in [5.74, 6) is 1.63. The second-order valence-electron chi connectivity index (χ2n) is 7.39. The first-order chi connectivity index (χ1) is 16.3. The van der Waals surface area contributed by atoms with Crippen LogP contribution in [0.5, 0.6) is 5.75 Å². The van der Waals surface area contributed by atoms with E-state index in [1.54, 1.807) is 13.8 Å². The molecule has 4 heterocycles. The lowest BCUT2D eigenvalue weighted by atomic mass is 10.2. The van der Waals surface area contributed by atoms with Crippen molar-refractivity contribution in [2.75, 3.05) is 23.7 Å². The fourth-order valence-electron chi connectivity index (χ4n) is 3.42. The summed E-state index contributed by atoms with van der Waals surface area (Å²) in [6.45, 7) is 7.91. The molecule has 3 N–H and O–H groups in total. The van der Waals surface area contributed by atoms with Crippen LogP contribution in [0.25, 0.3) is 11.3 Å². The van der Waals surface area contributed by atoms with E-state index < -0.39 is 15.8 Å². The number of fused-ring (bicyclic) bond motifs is 1. The van der Waals surface area contributed by atoms with Crippen LogP contribution in [0, 0.1) is 6.92 Å². The van der Waals surface area contributed by atoms with Crippen LogP contribution in [-0.2, 0) is 10.0 Å². The van der Waals surface area contributed by atoms with Crippen LogP contribution in [-0.4, -0.2) is 51.2 Å². The van der Waals surface area contributed by atoms with E-state index in [0.717, 1.165) is 22.9 Å². The quantitative estimate of drug-likeness (QED) is 0.284. The highest BCUT2D eigenvalue weighted by molar-refractivity contribution is 7.91. The molecule has 182 valence electrons. The molecule has 0 aliphatic heterocycles. The molecule has 4 rings (SSSR count). The zero-order valence-corrected chi connectivity index (χ0v) is 20.7. The largest absolute Gasteiger partial charge is 0.504 e. The summed E-state index contributed by atoms with van der Waals surface area (Å²) in [4.78, 5) is 8.84. The van der Waals surface area contributed by atoms with Crippen LogP contribution in [0.2, 0.25) is 0 Å². The number of sulfonamides is 1. The van der Waals surface area contributed by atoms with E-state index >= 15 is 0 Å². The molecule has 4 aromatic heterocycles. The summed E-state index contributed by atoms with van der Waals surface area (Å²) in [5.41, 5.74) is 0.518. The van der Waals surface area contributed by atoms with Crippen molar-refractivity contribution in [3.05, 3.63) is 29.0 Å². The van der Waals surface area contributed by atoms with Crippen molar-refractivity contribution >= 4 is 50.0 Å². The Morgan fingerprint density at radius 1 is 1.12 bits per heavy atom. The molecule has 0 radical (unpaired) electrons. The number of hydrogen-bond acceptors (Lipinski definition) is 12. The minimum Gasteiger partial charge on any atom is -0.504 e. The van der Waals surface area contributed by atoms with Gasteiger partial charge in [0, 0.05) is 18.5 Å². The van der Waals surface area contributed by atoms with Crippen LogP contribution in [0.15, 0.2) is 30.8 Å². The number of aromatic hydroxyl groups is 1. The lowest BCUT2D eigenvalue weighted by Gasteiger charge is -2.18. The van der Waals surface area contributed by atoms with Crippen molar-refractivity contribution in [3.8, 4) is 5.75 Å². The van der Waals surface area contributed by atoms with Gasteiger partial charge in [-0.3, -0.25) is 0 Å². The van der Waals surface area contributed by atoms with Crippen LogP contribution in [0.3, 0.4) is 0 Å². The van der Waals surface area contributed by atoms with E-state index in [1.165, 1.54) is 9.69 Å². The Morgan fingerprint density at radius 3 is 2.38 bits per heavy atom. The molecule has 0 spiro atoms. The number of aromatic nitrogens is 4. The van der Waals surface area contributed by atoms with Crippen molar-refractivity contribution in [3.63, 3.8) is 0 Å². The predicted octanol–water partition coefficient (Wildman–Crippen LogP) is 4.02. The zero-order chi connectivity index (χ0) is 24.5. The van der Waals surface area contributed by atoms with Gasteiger partial charge in [0.15, 0.2) is 21.6 Å². The van der Waals surface area contributed by atoms with E-state index in [1.807, 2.05) is 26.0 Å². The van der Waals surface area contributed by atoms with Gasteiger partial charge in [-0.2, -0.15) is 4.31 Å². The second kappa shape index (κ2) is 9.56. The van der Waals surface area contributed by atoms with Crippen LogP contribution < -0.4 is 10.6 Å². The number of nitrogens with zero attached hydrogens (tertiary/aromatic N) is 5. The van der Waals surface area contributed by atoms with Gasteiger partial charge >= 0.3 is 0 Å². The molecule has 0 saturated heterocycles. The third-order valence-electron chi connectivity index (χ3n) is 5.20. The van der Waals surface area contributed by atoms with Gasteiger partial charge in [0.1, 0.15) is 11.5 Å². The summed E-state index contributed by atoms with van der Waals surface area (Å²) in [6.07, 6.45) is 0.680. The lowest BCUT2D eigenvalue weighted by molar-refractivity contribution is 0.314. The maximum atomic E-state index is 12.9. The minimum absolute atomic E-state index is 0.150. The van der Waals surface area contributed by atoms with Gasteiger partial charge in [0.2, 0.25) is 11.3 Å². The molecular formula is C20H25N7O5S2. The number of rotatable bonds is 10. The summed E-state index contributed by atoms with van der Waals surface area (Å²) in [6, 6.07) is 3.52. The molecule has 4 aromatic rings. The van der Waals surface area contributed by atoms with Crippen molar-refractivity contribution in [1.29, 1.82) is 0 Å². The third-order valence-corrected chi connectivity index (χ3v) is 8.74. The first kappa shape index (κ1) is 23.9. The third kappa shape index (κ3) is 4.43. The molecule has 0 aliphatic carbocycles. The zero-order valence-electron chi connectivity index (χ0n) is 19.1. The van der Waals surface area contributed by atoms with Gasteiger partial charge in [-0.1, -0.05) is 20.8 Å². The molecular weight excluding hydrogens is 482 g/mol. The standard InChI is InChI=1S/C20H25N7O5S2/c1-5-12(14-9-8-11(4)31-14)21-16-17(24-19-18(23-16)25-32-26-19)22-13-10-33-20(15(13)28)34(29,30)27(6-2)7-3/h8-10,12,28H,5-7H2,1-4H3,(H,21,23,25)(H,22,24,26)/t12-/m1/s1. The maximum absolute atomic E-state index is 12.9. The van der Waals surface area contributed by atoms with Crippen LogP contribution in [0.4, 0.5) is 17.3 Å². The average molecular weight is 508 g/mol. The maximum Gasteiger partial charge on any atom is 0.256 e. The smallest absolute Gasteiger partial charge is 0.256 e. The second-order valence-corrected chi connectivity index (χ2v) is 10.4. The molecule has 0 aromatic carbocycles. The SMILES string of the molecule is CC[C@@H](Nc1nc2nonc2nc1Nc1csc(S(=O)(=O)N(CC)CC)c1O)c1ccc(C)o1. The number of furan rings is 1. The first-order valence-corrected chi connectivity index (χ1v) is 13.0. The summed E-state index contributed by atoms with van der Waals surface area (Å²) < 4.78 is 37.4. The highest BCUT2D eigenvalue weighted by Crippen LogP contribution is 2.41. The molecule has 0 fully saturated rings. The number of anilines is 3. The topological polar surface area (TPSA) is 160 Å². The van der Waals surface area contributed by atoms with Crippen LogP contribution >= 0.6 is 11.3 Å². The molecule has 0 aliphatic rings. The Kier molecular flexibility index (Phi) is 6.72. The first-order valence-electron chi connectivity index (χ1n) is 10.7. The molecule has 34 heavy (non-hydrogen) atoms. The fraction of sp³-hybridized carbons (Fsp3) is 0.400.